The van der Waals surface area contributed by atoms with Crippen LogP contribution in [0.1, 0.15) is 12.0 Å². The van der Waals surface area contributed by atoms with Crippen molar-refractivity contribution in [2.24, 2.45) is 0 Å². The third-order valence-corrected chi connectivity index (χ3v) is 4.78. The zero-order valence-corrected chi connectivity index (χ0v) is 10.9. The van der Waals surface area contributed by atoms with Crippen LogP contribution in [-0.4, -0.2) is 42.8 Å². The van der Waals surface area contributed by atoms with E-state index in [0.717, 1.165) is 25.8 Å². The van der Waals surface area contributed by atoms with Crippen LogP contribution in [0, 0.1) is 0 Å². The molecule has 3 heterocycles. The average molecular weight is 283 g/mol. The van der Waals surface area contributed by atoms with E-state index in [9.17, 15) is 13.2 Å². The molecule has 20 heavy (non-hydrogen) atoms. The lowest BCUT2D eigenvalue weighted by atomic mass is 10.1. The number of nitrogens with one attached hydrogen (secondary N) is 1. The van der Waals surface area contributed by atoms with E-state index < -0.39 is 11.7 Å². The standard InChI is InChI=1S/C14H16F3N3/c15-14(16,17)9-2-1-3-10(4-9)19-7-13-12-5-11(6-18-12)20(13)8-19/h1-4,11-13,18H,5-8H2. The molecule has 1 aromatic carbocycles. The molecule has 4 rings (SSSR count). The second-order valence-corrected chi connectivity index (χ2v) is 5.90. The third kappa shape index (κ3) is 1.82. The molecule has 3 atom stereocenters. The SMILES string of the molecule is FC(F)(F)c1cccc(N2CC3C4CC(CN4)N3C2)c1. The molecule has 0 radical (unpaired) electrons. The molecule has 2 bridgehead atoms. The Balaban J connectivity index is 1.58. The number of nitrogens with zero attached hydrogens (tertiary/aromatic N) is 2. The van der Waals surface area contributed by atoms with Gasteiger partial charge in [-0.05, 0) is 24.6 Å². The van der Waals surface area contributed by atoms with Gasteiger partial charge in [-0.15, -0.1) is 0 Å². The molecular weight excluding hydrogens is 267 g/mol. The van der Waals surface area contributed by atoms with Crippen molar-refractivity contribution in [1.29, 1.82) is 0 Å². The van der Waals surface area contributed by atoms with Crippen molar-refractivity contribution in [2.75, 3.05) is 24.7 Å². The Morgan fingerprint density at radius 1 is 1.25 bits per heavy atom. The summed E-state index contributed by atoms with van der Waals surface area (Å²) in [6, 6.07) is 7.17. The molecule has 1 N–H and O–H groups in total. The number of rotatable bonds is 1. The number of fused-ring (bicyclic) bond motifs is 5. The minimum Gasteiger partial charge on any atom is -0.357 e. The molecule has 3 saturated heterocycles. The van der Waals surface area contributed by atoms with Gasteiger partial charge in [0.25, 0.3) is 0 Å². The molecule has 6 heteroatoms. The fraction of sp³-hybridized carbons (Fsp3) is 0.571. The highest BCUT2D eigenvalue weighted by molar-refractivity contribution is 5.50. The van der Waals surface area contributed by atoms with Crippen molar-refractivity contribution >= 4 is 5.69 Å². The Labute approximate surface area is 115 Å². The predicted octanol–water partition coefficient (Wildman–Crippen LogP) is 1.90. The molecule has 0 saturated carbocycles. The van der Waals surface area contributed by atoms with Gasteiger partial charge in [0.15, 0.2) is 0 Å². The summed E-state index contributed by atoms with van der Waals surface area (Å²) in [5.41, 5.74) is 0.108. The first-order valence-corrected chi connectivity index (χ1v) is 6.94. The molecule has 0 amide bonds. The Kier molecular flexibility index (Phi) is 2.57. The largest absolute Gasteiger partial charge is 0.416 e. The van der Waals surface area contributed by atoms with E-state index in [1.165, 1.54) is 18.6 Å². The monoisotopic (exact) mass is 283 g/mol. The maximum Gasteiger partial charge on any atom is 0.416 e. The Morgan fingerprint density at radius 3 is 2.85 bits per heavy atom. The number of hydrogen-bond acceptors (Lipinski definition) is 3. The normalized spacial score (nSPS) is 33.0. The van der Waals surface area contributed by atoms with Crippen molar-refractivity contribution in [1.82, 2.24) is 10.2 Å². The fourth-order valence-corrected chi connectivity index (χ4v) is 3.79. The van der Waals surface area contributed by atoms with E-state index in [2.05, 4.69) is 15.1 Å². The maximum absolute atomic E-state index is 12.8. The number of hydrogen-bond donors (Lipinski definition) is 1. The van der Waals surface area contributed by atoms with Gasteiger partial charge >= 0.3 is 6.18 Å². The summed E-state index contributed by atoms with van der Waals surface area (Å²) < 4.78 is 38.3. The second kappa shape index (κ2) is 4.11. The smallest absolute Gasteiger partial charge is 0.357 e. The highest BCUT2D eigenvalue weighted by Crippen LogP contribution is 2.37. The summed E-state index contributed by atoms with van der Waals surface area (Å²) in [5.74, 6) is 0. The summed E-state index contributed by atoms with van der Waals surface area (Å²) >= 11 is 0. The number of benzene rings is 1. The topological polar surface area (TPSA) is 18.5 Å². The first-order chi connectivity index (χ1) is 9.52. The van der Waals surface area contributed by atoms with Crippen molar-refractivity contribution in [3.8, 4) is 0 Å². The van der Waals surface area contributed by atoms with Crippen molar-refractivity contribution in [3.05, 3.63) is 29.8 Å². The average Bonchev–Trinajstić information content (AvgIpc) is 3.10. The minimum atomic E-state index is -4.27. The van der Waals surface area contributed by atoms with Gasteiger partial charge in [-0.2, -0.15) is 13.2 Å². The van der Waals surface area contributed by atoms with E-state index in [-0.39, 0.29) is 0 Å². The highest BCUT2D eigenvalue weighted by atomic mass is 19.4. The first kappa shape index (κ1) is 12.5. The summed E-state index contributed by atoms with van der Waals surface area (Å²) in [6.45, 7) is 2.57. The van der Waals surface area contributed by atoms with Crippen LogP contribution < -0.4 is 10.2 Å². The zero-order chi connectivity index (χ0) is 13.9. The number of alkyl halides is 3. The Morgan fingerprint density at radius 2 is 2.10 bits per heavy atom. The van der Waals surface area contributed by atoms with Gasteiger partial charge in [-0.3, -0.25) is 4.90 Å². The van der Waals surface area contributed by atoms with Gasteiger partial charge in [0.2, 0.25) is 0 Å². The lowest BCUT2D eigenvalue weighted by Crippen LogP contribution is -2.48. The second-order valence-electron chi connectivity index (χ2n) is 5.90. The van der Waals surface area contributed by atoms with E-state index >= 15 is 0 Å². The van der Waals surface area contributed by atoms with E-state index in [1.807, 2.05) is 0 Å². The summed E-state index contributed by atoms with van der Waals surface area (Å²) in [4.78, 5) is 4.49. The number of halogens is 3. The van der Waals surface area contributed by atoms with Crippen LogP contribution in [0.15, 0.2) is 24.3 Å². The lowest BCUT2D eigenvalue weighted by Gasteiger charge is -2.27. The van der Waals surface area contributed by atoms with Crippen molar-refractivity contribution < 1.29 is 13.2 Å². The van der Waals surface area contributed by atoms with E-state index in [1.54, 1.807) is 6.07 Å². The lowest BCUT2D eigenvalue weighted by molar-refractivity contribution is -0.137. The number of piperazine rings is 1. The van der Waals surface area contributed by atoms with Crippen LogP contribution in [0.4, 0.5) is 18.9 Å². The van der Waals surface area contributed by atoms with Gasteiger partial charge in [0.05, 0.1) is 12.2 Å². The highest BCUT2D eigenvalue weighted by Gasteiger charge is 2.50. The fourth-order valence-electron chi connectivity index (χ4n) is 3.79. The molecule has 3 unspecified atom stereocenters. The first-order valence-electron chi connectivity index (χ1n) is 6.94. The molecule has 108 valence electrons. The van der Waals surface area contributed by atoms with Crippen molar-refractivity contribution in [3.63, 3.8) is 0 Å². The van der Waals surface area contributed by atoms with Gasteiger partial charge in [-0.1, -0.05) is 6.07 Å². The molecule has 3 aliphatic rings. The summed E-state index contributed by atoms with van der Waals surface area (Å²) in [6.07, 6.45) is -3.09. The summed E-state index contributed by atoms with van der Waals surface area (Å²) in [7, 11) is 0. The van der Waals surface area contributed by atoms with Gasteiger partial charge in [-0.25, -0.2) is 0 Å². The Bertz CT molecular complexity index is 513. The van der Waals surface area contributed by atoms with Crippen LogP contribution in [0.2, 0.25) is 0 Å². The van der Waals surface area contributed by atoms with Gasteiger partial charge < -0.3 is 10.2 Å². The van der Waals surface area contributed by atoms with Gasteiger partial charge in [0, 0.05) is 36.9 Å². The minimum absolute atomic E-state index is 0.447. The van der Waals surface area contributed by atoms with Crippen LogP contribution in [0.5, 0.6) is 0 Å². The van der Waals surface area contributed by atoms with Crippen LogP contribution in [0.25, 0.3) is 0 Å². The molecular formula is C14H16F3N3. The number of anilines is 1. The molecule has 3 fully saturated rings. The van der Waals surface area contributed by atoms with E-state index in [0.29, 0.717) is 23.8 Å². The summed E-state index contributed by atoms with van der Waals surface area (Å²) in [5, 5.41) is 3.49. The van der Waals surface area contributed by atoms with Crippen LogP contribution in [-0.2, 0) is 6.18 Å². The molecule has 1 aromatic rings. The predicted molar refractivity (Wildman–Crippen MR) is 69.5 cm³/mol. The van der Waals surface area contributed by atoms with Crippen molar-refractivity contribution in [2.45, 2.75) is 30.7 Å². The Hall–Kier alpha value is -1.27. The van der Waals surface area contributed by atoms with Crippen LogP contribution >= 0.6 is 0 Å². The van der Waals surface area contributed by atoms with E-state index in [4.69, 9.17) is 0 Å². The van der Waals surface area contributed by atoms with Gasteiger partial charge in [0.1, 0.15) is 0 Å². The van der Waals surface area contributed by atoms with Crippen LogP contribution in [0.3, 0.4) is 0 Å². The molecule has 3 aliphatic heterocycles. The third-order valence-electron chi connectivity index (χ3n) is 4.78. The molecule has 0 spiro atoms. The zero-order valence-electron chi connectivity index (χ0n) is 10.9. The molecule has 3 nitrogen and oxygen atoms in total. The maximum atomic E-state index is 12.8. The molecule has 0 aromatic heterocycles. The quantitative estimate of drug-likeness (QED) is 0.849. The molecule has 0 aliphatic carbocycles.